The molecule has 2 rings (SSSR count). The molecular weight excluding hydrogens is 236 g/mol. The largest absolute Gasteiger partial charge is 0.313 e. The van der Waals surface area contributed by atoms with E-state index in [0.717, 1.165) is 12.8 Å². The van der Waals surface area contributed by atoms with Gasteiger partial charge in [0.1, 0.15) is 0 Å². The van der Waals surface area contributed by atoms with Crippen molar-refractivity contribution in [2.75, 3.05) is 12.3 Å². The number of sulfonamides is 1. The van der Waals surface area contributed by atoms with Gasteiger partial charge in [-0.3, -0.25) is 0 Å². The van der Waals surface area contributed by atoms with E-state index in [0.29, 0.717) is 19.0 Å². The maximum atomic E-state index is 10.8. The molecule has 0 unspecified atom stereocenters. The Balaban J connectivity index is 1.74. The lowest BCUT2D eigenvalue weighted by molar-refractivity contribution is 0.528. The highest BCUT2D eigenvalue weighted by atomic mass is 32.2. The minimum Gasteiger partial charge on any atom is -0.313 e. The summed E-state index contributed by atoms with van der Waals surface area (Å²) < 4.78 is 21.5. The molecule has 0 radical (unpaired) electrons. The molecule has 4 nitrogen and oxygen atoms in total. The molecule has 0 aliphatic heterocycles. The second-order valence-corrected chi connectivity index (χ2v) is 6.28. The Labute approximate surface area is 102 Å². The van der Waals surface area contributed by atoms with Gasteiger partial charge in [0.25, 0.3) is 0 Å². The Morgan fingerprint density at radius 1 is 1.24 bits per heavy atom. The molecule has 5 heteroatoms. The van der Waals surface area contributed by atoms with Gasteiger partial charge in [0.15, 0.2) is 0 Å². The van der Waals surface area contributed by atoms with Crippen LogP contribution in [-0.4, -0.2) is 26.8 Å². The lowest BCUT2D eigenvalue weighted by Crippen LogP contribution is -2.31. The number of fused-ring (bicyclic) bond motifs is 1. The highest BCUT2D eigenvalue weighted by molar-refractivity contribution is 7.89. The van der Waals surface area contributed by atoms with Gasteiger partial charge in [0.2, 0.25) is 10.0 Å². The van der Waals surface area contributed by atoms with Gasteiger partial charge in [0.05, 0.1) is 5.75 Å². The van der Waals surface area contributed by atoms with Crippen molar-refractivity contribution in [2.45, 2.75) is 25.3 Å². The van der Waals surface area contributed by atoms with Crippen LogP contribution in [0.4, 0.5) is 0 Å². The maximum Gasteiger partial charge on any atom is 0.209 e. The number of benzene rings is 1. The molecule has 0 bridgehead atoms. The van der Waals surface area contributed by atoms with Gasteiger partial charge >= 0.3 is 0 Å². The van der Waals surface area contributed by atoms with Crippen molar-refractivity contribution in [1.82, 2.24) is 5.32 Å². The fourth-order valence-corrected chi connectivity index (χ4v) is 2.83. The van der Waals surface area contributed by atoms with Crippen LogP contribution in [0.15, 0.2) is 24.3 Å². The first kappa shape index (κ1) is 12.5. The van der Waals surface area contributed by atoms with Crippen LogP contribution in [0.5, 0.6) is 0 Å². The first-order valence-electron chi connectivity index (χ1n) is 5.85. The molecule has 1 aliphatic carbocycles. The smallest absolute Gasteiger partial charge is 0.209 e. The van der Waals surface area contributed by atoms with E-state index in [1.807, 2.05) is 0 Å². The molecule has 3 N–H and O–H groups in total. The highest BCUT2D eigenvalue weighted by Gasteiger charge is 2.19. The molecule has 0 atom stereocenters. The van der Waals surface area contributed by atoms with Crippen molar-refractivity contribution in [3.63, 3.8) is 0 Å². The maximum absolute atomic E-state index is 10.8. The number of nitrogens with one attached hydrogen (secondary N) is 1. The zero-order valence-corrected chi connectivity index (χ0v) is 10.5. The van der Waals surface area contributed by atoms with Crippen LogP contribution in [0.1, 0.15) is 17.5 Å². The summed E-state index contributed by atoms with van der Waals surface area (Å²) in [7, 11) is -3.31. The number of hydrogen-bond donors (Lipinski definition) is 2. The van der Waals surface area contributed by atoms with Crippen LogP contribution in [0, 0.1) is 0 Å². The van der Waals surface area contributed by atoms with Gasteiger partial charge in [-0.25, -0.2) is 13.6 Å². The molecule has 1 aromatic carbocycles. The van der Waals surface area contributed by atoms with Gasteiger partial charge in [-0.05, 0) is 36.9 Å². The first-order chi connectivity index (χ1) is 8.04. The Hall–Kier alpha value is -0.910. The highest BCUT2D eigenvalue weighted by Crippen LogP contribution is 2.21. The molecule has 0 saturated carbocycles. The van der Waals surface area contributed by atoms with Crippen molar-refractivity contribution < 1.29 is 8.42 Å². The zero-order chi connectivity index (χ0) is 12.3. The monoisotopic (exact) mass is 254 g/mol. The Morgan fingerprint density at radius 2 is 1.82 bits per heavy atom. The van der Waals surface area contributed by atoms with E-state index in [9.17, 15) is 8.42 Å². The summed E-state index contributed by atoms with van der Waals surface area (Å²) in [6.45, 7) is 0.703. The number of nitrogens with two attached hydrogens (primary N) is 1. The summed E-state index contributed by atoms with van der Waals surface area (Å²) in [6, 6.07) is 8.86. The summed E-state index contributed by atoms with van der Waals surface area (Å²) >= 11 is 0. The van der Waals surface area contributed by atoms with E-state index >= 15 is 0 Å². The molecule has 0 fully saturated rings. The van der Waals surface area contributed by atoms with E-state index in [4.69, 9.17) is 5.14 Å². The topological polar surface area (TPSA) is 72.2 Å². The van der Waals surface area contributed by atoms with Crippen LogP contribution in [-0.2, 0) is 22.9 Å². The van der Waals surface area contributed by atoms with E-state index in [1.54, 1.807) is 0 Å². The molecule has 1 aliphatic rings. The van der Waals surface area contributed by atoms with Gasteiger partial charge in [0, 0.05) is 6.04 Å². The average Bonchev–Trinajstić information content (AvgIpc) is 2.65. The van der Waals surface area contributed by atoms with E-state index in [2.05, 4.69) is 29.6 Å². The summed E-state index contributed by atoms with van der Waals surface area (Å²) in [5.74, 6) is 0.0552. The van der Waals surface area contributed by atoms with Crippen molar-refractivity contribution >= 4 is 10.0 Å². The third-order valence-corrected chi connectivity index (χ3v) is 3.95. The van der Waals surface area contributed by atoms with Crippen LogP contribution in [0.3, 0.4) is 0 Å². The quantitative estimate of drug-likeness (QED) is 0.748. The summed E-state index contributed by atoms with van der Waals surface area (Å²) in [6.07, 6.45) is 2.64. The average molecular weight is 254 g/mol. The SMILES string of the molecule is NS(=O)(=O)CCCNC1Cc2ccccc2C1. The fourth-order valence-electron chi connectivity index (χ4n) is 2.28. The summed E-state index contributed by atoms with van der Waals surface area (Å²) in [4.78, 5) is 0. The number of hydrogen-bond acceptors (Lipinski definition) is 3. The lowest BCUT2D eigenvalue weighted by atomic mass is 10.1. The Bertz CT molecular complexity index is 460. The van der Waals surface area contributed by atoms with Gasteiger partial charge < -0.3 is 5.32 Å². The van der Waals surface area contributed by atoms with Gasteiger partial charge in [-0.2, -0.15) is 0 Å². The zero-order valence-electron chi connectivity index (χ0n) is 9.72. The molecular formula is C12H18N2O2S. The predicted molar refractivity (Wildman–Crippen MR) is 68.2 cm³/mol. The molecule has 0 aromatic heterocycles. The number of rotatable bonds is 5. The molecule has 0 saturated heterocycles. The van der Waals surface area contributed by atoms with Gasteiger partial charge in [-0.15, -0.1) is 0 Å². The van der Waals surface area contributed by atoms with Crippen LogP contribution in [0.25, 0.3) is 0 Å². The van der Waals surface area contributed by atoms with Gasteiger partial charge in [-0.1, -0.05) is 24.3 Å². The molecule has 17 heavy (non-hydrogen) atoms. The predicted octanol–water partition coefficient (Wildman–Crippen LogP) is 0.422. The molecule has 0 heterocycles. The molecule has 0 amide bonds. The summed E-state index contributed by atoms with van der Waals surface area (Å²) in [5, 5.41) is 8.32. The van der Waals surface area contributed by atoms with Crippen LogP contribution < -0.4 is 10.5 Å². The summed E-state index contributed by atoms with van der Waals surface area (Å²) in [5.41, 5.74) is 2.80. The molecule has 94 valence electrons. The third-order valence-electron chi connectivity index (χ3n) is 3.09. The molecule has 0 spiro atoms. The van der Waals surface area contributed by atoms with E-state index in [-0.39, 0.29) is 5.75 Å². The van der Waals surface area contributed by atoms with Crippen molar-refractivity contribution in [2.24, 2.45) is 5.14 Å². The van der Waals surface area contributed by atoms with E-state index < -0.39 is 10.0 Å². The second kappa shape index (κ2) is 5.16. The molecule has 1 aromatic rings. The van der Waals surface area contributed by atoms with Crippen LogP contribution >= 0.6 is 0 Å². The minimum atomic E-state index is -3.31. The van der Waals surface area contributed by atoms with Crippen molar-refractivity contribution in [1.29, 1.82) is 0 Å². The van der Waals surface area contributed by atoms with Crippen molar-refractivity contribution in [3.8, 4) is 0 Å². The standard InChI is InChI=1S/C12H18N2O2S/c13-17(15,16)7-3-6-14-12-8-10-4-1-2-5-11(10)9-12/h1-2,4-5,12,14H,3,6-9H2,(H2,13,15,16). The normalized spacial score (nSPS) is 16.1. The van der Waals surface area contributed by atoms with Crippen molar-refractivity contribution in [3.05, 3.63) is 35.4 Å². The Kier molecular flexibility index (Phi) is 3.81. The third kappa shape index (κ3) is 3.80. The number of primary sulfonamides is 1. The van der Waals surface area contributed by atoms with Crippen LogP contribution in [0.2, 0.25) is 0 Å². The second-order valence-electron chi connectivity index (χ2n) is 4.55. The first-order valence-corrected chi connectivity index (χ1v) is 7.57. The lowest BCUT2D eigenvalue weighted by Gasteiger charge is -2.11. The Morgan fingerprint density at radius 3 is 2.35 bits per heavy atom. The minimum absolute atomic E-state index is 0.0552. The van der Waals surface area contributed by atoms with E-state index in [1.165, 1.54) is 11.1 Å². The fraction of sp³-hybridized carbons (Fsp3) is 0.500.